The molecule has 0 amide bonds. The molecule has 2 aromatic carbocycles. The van der Waals surface area contributed by atoms with Gasteiger partial charge in [0, 0.05) is 5.56 Å². The highest BCUT2D eigenvalue weighted by Crippen LogP contribution is 2.34. The molecule has 1 heterocycles. The van der Waals surface area contributed by atoms with Crippen molar-refractivity contribution in [2.24, 2.45) is 0 Å². The van der Waals surface area contributed by atoms with Gasteiger partial charge in [0.05, 0.1) is 20.9 Å². The molecule has 2 nitrogen and oxygen atoms in total. The molecule has 0 radical (unpaired) electrons. The van der Waals surface area contributed by atoms with E-state index in [1.54, 1.807) is 31.2 Å². The Morgan fingerprint density at radius 2 is 1.67 bits per heavy atom. The fourth-order valence-electron chi connectivity index (χ4n) is 1.99. The SMILES string of the molecule is Cc1ccc(-c2nc(Cl)c3c(Cl)ccc(Cl)c3n2)cc1F. The van der Waals surface area contributed by atoms with Crippen LogP contribution in [0.1, 0.15) is 5.56 Å². The quantitative estimate of drug-likeness (QED) is 0.530. The zero-order chi connectivity index (χ0) is 15.1. The van der Waals surface area contributed by atoms with Gasteiger partial charge in [0.25, 0.3) is 0 Å². The number of rotatable bonds is 1. The van der Waals surface area contributed by atoms with E-state index in [0.29, 0.717) is 37.9 Å². The average Bonchev–Trinajstić information content (AvgIpc) is 2.45. The van der Waals surface area contributed by atoms with Crippen molar-refractivity contribution in [3.63, 3.8) is 0 Å². The fraction of sp³-hybridized carbons (Fsp3) is 0.0667. The molecule has 0 saturated heterocycles. The molecular formula is C15H8Cl3FN2. The van der Waals surface area contributed by atoms with Gasteiger partial charge >= 0.3 is 0 Å². The summed E-state index contributed by atoms with van der Waals surface area (Å²) in [7, 11) is 0. The second-order valence-electron chi connectivity index (χ2n) is 4.55. The summed E-state index contributed by atoms with van der Waals surface area (Å²) in [5.74, 6) is -0.0277. The number of aryl methyl sites for hydroxylation is 1. The van der Waals surface area contributed by atoms with E-state index >= 15 is 0 Å². The molecule has 0 saturated carbocycles. The van der Waals surface area contributed by atoms with Gasteiger partial charge in [0.15, 0.2) is 5.82 Å². The maximum atomic E-state index is 13.7. The third-order valence-corrected chi connectivity index (χ3v) is 4.03. The normalized spacial score (nSPS) is 11.1. The molecule has 3 aromatic rings. The van der Waals surface area contributed by atoms with Gasteiger partial charge in [-0.15, -0.1) is 0 Å². The molecule has 0 atom stereocenters. The number of fused-ring (bicyclic) bond motifs is 1. The first-order chi connectivity index (χ1) is 9.97. The Morgan fingerprint density at radius 3 is 2.38 bits per heavy atom. The van der Waals surface area contributed by atoms with Gasteiger partial charge in [-0.1, -0.05) is 46.9 Å². The average molecular weight is 342 g/mol. The van der Waals surface area contributed by atoms with Crippen LogP contribution in [0.25, 0.3) is 22.3 Å². The molecule has 0 aliphatic rings. The van der Waals surface area contributed by atoms with Crippen LogP contribution in [-0.2, 0) is 0 Å². The number of hydrogen-bond acceptors (Lipinski definition) is 2. The van der Waals surface area contributed by atoms with Crippen LogP contribution in [0.3, 0.4) is 0 Å². The molecule has 0 spiro atoms. The van der Waals surface area contributed by atoms with Gasteiger partial charge < -0.3 is 0 Å². The maximum absolute atomic E-state index is 13.7. The zero-order valence-electron chi connectivity index (χ0n) is 10.8. The largest absolute Gasteiger partial charge is 0.226 e. The van der Waals surface area contributed by atoms with Crippen molar-refractivity contribution >= 4 is 45.7 Å². The number of hydrogen-bond donors (Lipinski definition) is 0. The molecule has 0 unspecified atom stereocenters. The molecule has 1 aromatic heterocycles. The third-order valence-electron chi connectivity index (χ3n) is 3.14. The van der Waals surface area contributed by atoms with Crippen LogP contribution < -0.4 is 0 Å². The smallest absolute Gasteiger partial charge is 0.161 e. The standard InChI is InChI=1S/C15H8Cl3FN2/c1-7-2-3-8(6-11(7)19)15-20-13-10(17)5-4-9(16)12(13)14(18)21-15/h2-6H,1H3. The molecule has 0 bridgehead atoms. The molecular weight excluding hydrogens is 334 g/mol. The van der Waals surface area contributed by atoms with E-state index < -0.39 is 0 Å². The maximum Gasteiger partial charge on any atom is 0.161 e. The van der Waals surface area contributed by atoms with E-state index in [9.17, 15) is 4.39 Å². The fourth-order valence-corrected chi connectivity index (χ4v) is 2.75. The summed E-state index contributed by atoms with van der Waals surface area (Å²) in [5, 5.41) is 1.50. The lowest BCUT2D eigenvalue weighted by atomic mass is 10.1. The van der Waals surface area contributed by atoms with Crippen LogP contribution in [0.2, 0.25) is 15.2 Å². The minimum Gasteiger partial charge on any atom is -0.226 e. The minimum absolute atomic E-state index is 0.184. The second-order valence-corrected chi connectivity index (χ2v) is 5.73. The van der Waals surface area contributed by atoms with Gasteiger partial charge in [0.1, 0.15) is 11.0 Å². The van der Waals surface area contributed by atoms with E-state index in [2.05, 4.69) is 9.97 Å². The lowest BCUT2D eigenvalue weighted by Gasteiger charge is -2.08. The highest BCUT2D eigenvalue weighted by molar-refractivity contribution is 6.44. The van der Waals surface area contributed by atoms with Crippen molar-refractivity contribution in [2.75, 3.05) is 0 Å². The summed E-state index contributed by atoms with van der Waals surface area (Å²) in [5.41, 5.74) is 1.52. The monoisotopic (exact) mass is 340 g/mol. The predicted octanol–water partition coefficient (Wildman–Crippen LogP) is 5.70. The van der Waals surface area contributed by atoms with Crippen LogP contribution in [0.4, 0.5) is 4.39 Å². The Balaban J connectivity index is 2.30. The van der Waals surface area contributed by atoms with Crippen molar-refractivity contribution in [3.05, 3.63) is 56.9 Å². The highest BCUT2D eigenvalue weighted by atomic mass is 35.5. The highest BCUT2D eigenvalue weighted by Gasteiger charge is 2.14. The predicted molar refractivity (Wildman–Crippen MR) is 84.7 cm³/mol. The van der Waals surface area contributed by atoms with E-state index in [-0.39, 0.29) is 11.0 Å². The first-order valence-electron chi connectivity index (χ1n) is 6.05. The van der Waals surface area contributed by atoms with Gasteiger partial charge in [0.2, 0.25) is 0 Å². The summed E-state index contributed by atoms with van der Waals surface area (Å²) >= 11 is 18.4. The van der Waals surface area contributed by atoms with Crippen LogP contribution in [0.5, 0.6) is 0 Å². The summed E-state index contributed by atoms with van der Waals surface area (Å²) in [4.78, 5) is 8.55. The van der Waals surface area contributed by atoms with Gasteiger partial charge in [-0.2, -0.15) is 0 Å². The minimum atomic E-state index is -0.329. The molecule has 0 fully saturated rings. The molecule has 21 heavy (non-hydrogen) atoms. The van der Waals surface area contributed by atoms with Crippen molar-refractivity contribution in [1.29, 1.82) is 0 Å². The molecule has 0 aliphatic heterocycles. The summed E-state index contributed by atoms with van der Waals surface area (Å²) in [6.45, 7) is 1.68. The summed E-state index contributed by atoms with van der Waals surface area (Å²) < 4.78 is 13.7. The zero-order valence-corrected chi connectivity index (χ0v) is 13.1. The number of aromatic nitrogens is 2. The Hall–Kier alpha value is -1.42. The van der Waals surface area contributed by atoms with Gasteiger partial charge in [-0.3, -0.25) is 0 Å². The summed E-state index contributed by atoms with van der Waals surface area (Å²) in [6.07, 6.45) is 0. The van der Waals surface area contributed by atoms with Crippen LogP contribution in [0.15, 0.2) is 30.3 Å². The number of benzene rings is 2. The van der Waals surface area contributed by atoms with Crippen LogP contribution in [0, 0.1) is 12.7 Å². The molecule has 3 rings (SSSR count). The second kappa shape index (κ2) is 5.41. The van der Waals surface area contributed by atoms with Crippen molar-refractivity contribution in [2.45, 2.75) is 6.92 Å². The van der Waals surface area contributed by atoms with E-state index in [1.807, 2.05) is 0 Å². The lowest BCUT2D eigenvalue weighted by Crippen LogP contribution is -1.94. The number of halogens is 4. The molecule has 0 N–H and O–H groups in total. The topological polar surface area (TPSA) is 25.8 Å². The van der Waals surface area contributed by atoms with Gasteiger partial charge in [-0.25, -0.2) is 14.4 Å². The van der Waals surface area contributed by atoms with Crippen molar-refractivity contribution < 1.29 is 4.39 Å². The van der Waals surface area contributed by atoms with Crippen LogP contribution >= 0.6 is 34.8 Å². The molecule has 6 heteroatoms. The Labute approximate surface area is 135 Å². The Kier molecular flexibility index (Phi) is 3.74. The first-order valence-corrected chi connectivity index (χ1v) is 7.18. The van der Waals surface area contributed by atoms with Gasteiger partial charge in [-0.05, 0) is 30.7 Å². The molecule has 106 valence electrons. The van der Waals surface area contributed by atoms with Crippen molar-refractivity contribution in [3.8, 4) is 11.4 Å². The number of nitrogens with zero attached hydrogens (tertiary/aromatic N) is 2. The first kappa shape index (κ1) is 14.5. The molecule has 0 aliphatic carbocycles. The Morgan fingerprint density at radius 1 is 0.952 bits per heavy atom. The van der Waals surface area contributed by atoms with E-state index in [0.717, 1.165) is 0 Å². The lowest BCUT2D eigenvalue weighted by molar-refractivity contribution is 0.619. The van der Waals surface area contributed by atoms with E-state index in [1.165, 1.54) is 6.07 Å². The Bertz CT molecular complexity index is 865. The van der Waals surface area contributed by atoms with E-state index in [4.69, 9.17) is 34.8 Å². The van der Waals surface area contributed by atoms with Crippen LogP contribution in [-0.4, -0.2) is 9.97 Å². The third kappa shape index (κ3) is 2.57. The summed E-state index contributed by atoms with van der Waals surface area (Å²) in [6, 6.07) is 8.02. The van der Waals surface area contributed by atoms with Crippen molar-refractivity contribution in [1.82, 2.24) is 9.97 Å².